The second-order valence-corrected chi connectivity index (χ2v) is 5.86. The van der Waals surface area contributed by atoms with Crippen LogP contribution >= 0.6 is 0 Å². The van der Waals surface area contributed by atoms with Gasteiger partial charge in [0.05, 0.1) is 0 Å². The van der Waals surface area contributed by atoms with Crippen molar-refractivity contribution in [3.8, 4) is 0 Å². The maximum absolute atomic E-state index is 5.97. The largest absolute Gasteiger partial charge is 0.370 e. The molecule has 2 rings (SSSR count). The number of guanidine groups is 1. The van der Waals surface area contributed by atoms with Gasteiger partial charge in [-0.05, 0) is 56.0 Å². The fourth-order valence-corrected chi connectivity index (χ4v) is 2.82. The van der Waals surface area contributed by atoms with Crippen LogP contribution in [-0.2, 0) is 6.42 Å². The van der Waals surface area contributed by atoms with E-state index in [1.165, 1.54) is 31.5 Å². The summed E-state index contributed by atoms with van der Waals surface area (Å²) in [6, 6.07) is 8.35. The van der Waals surface area contributed by atoms with Gasteiger partial charge in [-0.25, -0.2) is 0 Å². The predicted octanol–water partition coefficient (Wildman–Crippen LogP) is 2.71. The summed E-state index contributed by atoms with van der Waals surface area (Å²) in [7, 11) is 0. The Balaban J connectivity index is 1.78. The number of benzene rings is 1. The van der Waals surface area contributed by atoms with Gasteiger partial charge in [0.2, 0.25) is 0 Å². The number of nitrogens with two attached hydrogens (primary N) is 1. The molecular formula is C17H28N4. The zero-order chi connectivity index (χ0) is 15.1. The molecule has 0 spiro atoms. The molecule has 1 aromatic rings. The molecule has 1 aliphatic rings. The van der Waals surface area contributed by atoms with Crippen molar-refractivity contribution in [2.24, 2.45) is 16.6 Å². The zero-order valence-electron chi connectivity index (χ0n) is 13.3. The van der Waals surface area contributed by atoms with Crippen molar-refractivity contribution in [2.45, 2.75) is 33.1 Å². The average molecular weight is 288 g/mol. The zero-order valence-corrected chi connectivity index (χ0v) is 13.3. The van der Waals surface area contributed by atoms with Gasteiger partial charge >= 0.3 is 0 Å². The molecule has 0 aliphatic carbocycles. The summed E-state index contributed by atoms with van der Waals surface area (Å²) in [5.74, 6) is 1.17. The lowest BCUT2D eigenvalue weighted by molar-refractivity contribution is 0.326. The molecule has 4 nitrogen and oxygen atoms in total. The van der Waals surface area contributed by atoms with Gasteiger partial charge in [-0.3, -0.25) is 4.99 Å². The lowest BCUT2D eigenvalue weighted by Gasteiger charge is -2.13. The SMILES string of the molecule is CCCN1CCC(CN=C(N)Nc2ccc(CC)cc2)C1. The van der Waals surface area contributed by atoms with E-state index in [0.29, 0.717) is 11.9 Å². The first-order valence-corrected chi connectivity index (χ1v) is 8.09. The normalized spacial score (nSPS) is 19.9. The van der Waals surface area contributed by atoms with Gasteiger partial charge in [-0.1, -0.05) is 26.0 Å². The molecular weight excluding hydrogens is 260 g/mol. The van der Waals surface area contributed by atoms with E-state index < -0.39 is 0 Å². The fourth-order valence-electron chi connectivity index (χ4n) is 2.82. The highest BCUT2D eigenvalue weighted by atomic mass is 15.2. The Morgan fingerprint density at radius 2 is 2.10 bits per heavy atom. The molecule has 0 aromatic heterocycles. The van der Waals surface area contributed by atoms with Gasteiger partial charge in [0.25, 0.3) is 0 Å². The highest BCUT2D eigenvalue weighted by Crippen LogP contribution is 2.16. The summed E-state index contributed by atoms with van der Waals surface area (Å²) in [6.07, 6.45) is 3.52. The first kappa shape index (κ1) is 15.8. The van der Waals surface area contributed by atoms with E-state index in [0.717, 1.165) is 25.2 Å². The number of hydrogen-bond donors (Lipinski definition) is 2. The van der Waals surface area contributed by atoms with Crippen LogP contribution in [0.25, 0.3) is 0 Å². The van der Waals surface area contributed by atoms with E-state index in [1.54, 1.807) is 0 Å². The van der Waals surface area contributed by atoms with Crippen LogP contribution in [0.1, 0.15) is 32.3 Å². The van der Waals surface area contributed by atoms with Crippen LogP contribution in [0.2, 0.25) is 0 Å². The van der Waals surface area contributed by atoms with Crippen LogP contribution in [0.5, 0.6) is 0 Å². The van der Waals surface area contributed by atoms with Gasteiger partial charge in [0.1, 0.15) is 0 Å². The van der Waals surface area contributed by atoms with E-state index in [4.69, 9.17) is 5.73 Å². The predicted molar refractivity (Wildman–Crippen MR) is 90.8 cm³/mol. The maximum Gasteiger partial charge on any atom is 0.193 e. The van der Waals surface area contributed by atoms with E-state index in [1.807, 2.05) is 0 Å². The summed E-state index contributed by atoms with van der Waals surface area (Å²) in [5.41, 5.74) is 8.31. The third kappa shape index (κ3) is 5.05. The summed E-state index contributed by atoms with van der Waals surface area (Å²) >= 11 is 0. The van der Waals surface area contributed by atoms with Crippen LogP contribution < -0.4 is 11.1 Å². The minimum absolute atomic E-state index is 0.521. The molecule has 0 radical (unpaired) electrons. The third-order valence-electron chi connectivity index (χ3n) is 4.06. The molecule has 1 aliphatic heterocycles. The van der Waals surface area contributed by atoms with Crippen molar-refractivity contribution >= 4 is 11.6 Å². The van der Waals surface area contributed by atoms with Crippen LogP contribution in [0.3, 0.4) is 0 Å². The Labute approximate surface area is 128 Å². The van der Waals surface area contributed by atoms with Crippen molar-refractivity contribution < 1.29 is 0 Å². The van der Waals surface area contributed by atoms with Crippen LogP contribution in [-0.4, -0.2) is 37.0 Å². The van der Waals surface area contributed by atoms with Crippen LogP contribution in [0.15, 0.2) is 29.3 Å². The topological polar surface area (TPSA) is 53.6 Å². The van der Waals surface area contributed by atoms with Crippen LogP contribution in [0, 0.1) is 5.92 Å². The smallest absolute Gasteiger partial charge is 0.193 e. The standard InChI is InChI=1S/C17H28N4/c1-3-10-21-11-9-15(13-21)12-19-17(18)20-16-7-5-14(4-2)6-8-16/h5-8,15H,3-4,9-13H2,1-2H3,(H3,18,19,20). The van der Waals surface area contributed by atoms with E-state index in [9.17, 15) is 0 Å². The summed E-state index contributed by atoms with van der Waals surface area (Å²) in [5, 5.41) is 3.17. The molecule has 0 saturated carbocycles. The number of nitrogens with zero attached hydrogens (tertiary/aromatic N) is 2. The molecule has 0 bridgehead atoms. The molecule has 116 valence electrons. The van der Waals surface area contributed by atoms with Crippen molar-refractivity contribution in [3.63, 3.8) is 0 Å². The lowest BCUT2D eigenvalue weighted by atomic mass is 10.1. The minimum Gasteiger partial charge on any atom is -0.370 e. The number of aryl methyl sites for hydroxylation is 1. The van der Waals surface area contributed by atoms with E-state index in [2.05, 4.69) is 53.3 Å². The first-order chi connectivity index (χ1) is 10.2. The minimum atomic E-state index is 0.521. The lowest BCUT2D eigenvalue weighted by Crippen LogP contribution is -2.25. The monoisotopic (exact) mass is 288 g/mol. The number of aliphatic imine (C=N–C) groups is 1. The highest BCUT2D eigenvalue weighted by Gasteiger charge is 2.21. The average Bonchev–Trinajstić information content (AvgIpc) is 2.94. The quantitative estimate of drug-likeness (QED) is 0.625. The second kappa shape index (κ2) is 8.03. The van der Waals surface area contributed by atoms with Gasteiger partial charge in [-0.15, -0.1) is 0 Å². The fraction of sp³-hybridized carbons (Fsp3) is 0.588. The molecule has 0 amide bonds. The Bertz CT molecular complexity index is 452. The van der Waals surface area contributed by atoms with Crippen molar-refractivity contribution in [1.29, 1.82) is 0 Å². The number of rotatable bonds is 6. The Hall–Kier alpha value is -1.55. The second-order valence-electron chi connectivity index (χ2n) is 5.86. The number of hydrogen-bond acceptors (Lipinski definition) is 2. The summed E-state index contributed by atoms with van der Waals surface area (Å²) < 4.78 is 0. The molecule has 4 heteroatoms. The number of nitrogens with one attached hydrogen (secondary N) is 1. The molecule has 1 fully saturated rings. The van der Waals surface area contributed by atoms with Gasteiger partial charge in [0.15, 0.2) is 5.96 Å². The van der Waals surface area contributed by atoms with Crippen molar-refractivity contribution in [3.05, 3.63) is 29.8 Å². The summed E-state index contributed by atoms with van der Waals surface area (Å²) in [6.45, 7) is 8.79. The molecule has 1 saturated heterocycles. The van der Waals surface area contributed by atoms with Crippen molar-refractivity contribution in [1.82, 2.24) is 4.90 Å². The summed E-state index contributed by atoms with van der Waals surface area (Å²) in [4.78, 5) is 7.02. The van der Waals surface area contributed by atoms with Gasteiger partial charge in [0, 0.05) is 18.8 Å². The molecule has 21 heavy (non-hydrogen) atoms. The molecule has 1 unspecified atom stereocenters. The Morgan fingerprint density at radius 3 is 2.76 bits per heavy atom. The molecule has 1 heterocycles. The third-order valence-corrected chi connectivity index (χ3v) is 4.06. The maximum atomic E-state index is 5.97. The van der Waals surface area contributed by atoms with Gasteiger partial charge in [-0.2, -0.15) is 0 Å². The molecule has 3 N–H and O–H groups in total. The molecule has 1 aromatic carbocycles. The highest BCUT2D eigenvalue weighted by molar-refractivity contribution is 5.92. The number of anilines is 1. The first-order valence-electron chi connectivity index (χ1n) is 8.09. The number of likely N-dealkylation sites (tertiary alicyclic amines) is 1. The van der Waals surface area contributed by atoms with Crippen LogP contribution in [0.4, 0.5) is 5.69 Å². The Morgan fingerprint density at radius 1 is 1.33 bits per heavy atom. The Kier molecular flexibility index (Phi) is 6.05. The van der Waals surface area contributed by atoms with E-state index >= 15 is 0 Å². The van der Waals surface area contributed by atoms with Crippen molar-refractivity contribution in [2.75, 3.05) is 31.5 Å². The molecule has 1 atom stereocenters. The van der Waals surface area contributed by atoms with Gasteiger partial charge < -0.3 is 16.0 Å². The van der Waals surface area contributed by atoms with E-state index in [-0.39, 0.29) is 0 Å².